The summed E-state index contributed by atoms with van der Waals surface area (Å²) in [6.45, 7) is 6.43. The summed E-state index contributed by atoms with van der Waals surface area (Å²) in [5, 5.41) is 3.37. The molecular weight excluding hydrogens is 269 g/mol. The number of benzene rings is 1. The van der Waals surface area contributed by atoms with Gasteiger partial charge in [0.2, 0.25) is 0 Å². The molecule has 0 aliphatic heterocycles. The summed E-state index contributed by atoms with van der Waals surface area (Å²) < 4.78 is 13.0. The largest absolute Gasteiger partial charge is 0.309 e. The monoisotopic (exact) mass is 289 g/mol. The number of aromatic amines is 1. The number of hydrogen-bond acceptors (Lipinski definition) is 3. The summed E-state index contributed by atoms with van der Waals surface area (Å²) in [6.07, 6.45) is 0. The summed E-state index contributed by atoms with van der Waals surface area (Å²) in [5.41, 5.74) is 1.56. The smallest absolute Gasteiger partial charge is 0.251 e. The summed E-state index contributed by atoms with van der Waals surface area (Å²) in [5.74, 6) is 0.686. The van der Waals surface area contributed by atoms with Crippen molar-refractivity contribution in [2.45, 2.75) is 33.4 Å². The molecule has 5 heteroatoms. The van der Waals surface area contributed by atoms with Gasteiger partial charge in [0, 0.05) is 17.8 Å². The van der Waals surface area contributed by atoms with Gasteiger partial charge in [0.05, 0.1) is 6.54 Å². The lowest BCUT2D eigenvalue weighted by atomic mass is 9.96. The summed E-state index contributed by atoms with van der Waals surface area (Å²) in [6, 6.07) is 8.00. The minimum absolute atomic E-state index is 0.0661. The van der Waals surface area contributed by atoms with Crippen LogP contribution in [0.15, 0.2) is 35.1 Å². The lowest BCUT2D eigenvalue weighted by Gasteiger charge is -2.22. The molecule has 1 heterocycles. The Bertz CT molecular complexity index is 649. The lowest BCUT2D eigenvalue weighted by Crippen LogP contribution is -2.27. The van der Waals surface area contributed by atoms with Crippen molar-refractivity contribution >= 4 is 0 Å². The second-order valence-corrected chi connectivity index (χ2v) is 5.49. The first-order valence-corrected chi connectivity index (χ1v) is 7.01. The van der Waals surface area contributed by atoms with Crippen molar-refractivity contribution in [1.29, 1.82) is 0 Å². The molecule has 0 saturated heterocycles. The average molecular weight is 289 g/mol. The van der Waals surface area contributed by atoms with Crippen LogP contribution >= 0.6 is 0 Å². The van der Waals surface area contributed by atoms with Gasteiger partial charge in [-0.25, -0.2) is 9.37 Å². The second kappa shape index (κ2) is 6.63. The normalized spacial score (nSPS) is 12.6. The fourth-order valence-corrected chi connectivity index (χ4v) is 2.34. The second-order valence-electron chi connectivity index (χ2n) is 5.49. The highest BCUT2D eigenvalue weighted by Gasteiger charge is 2.15. The molecule has 2 rings (SSSR count). The van der Waals surface area contributed by atoms with E-state index in [-0.39, 0.29) is 17.4 Å². The first kappa shape index (κ1) is 15.4. The molecule has 21 heavy (non-hydrogen) atoms. The quantitative estimate of drug-likeness (QED) is 0.889. The van der Waals surface area contributed by atoms with E-state index in [9.17, 15) is 9.18 Å². The third-order valence-corrected chi connectivity index (χ3v) is 3.30. The molecule has 0 bridgehead atoms. The van der Waals surface area contributed by atoms with E-state index >= 15 is 0 Å². The van der Waals surface area contributed by atoms with Gasteiger partial charge in [-0.2, -0.15) is 0 Å². The zero-order chi connectivity index (χ0) is 15.4. The van der Waals surface area contributed by atoms with Crippen LogP contribution in [0.3, 0.4) is 0 Å². The van der Waals surface area contributed by atoms with Gasteiger partial charge in [-0.3, -0.25) is 4.79 Å². The molecule has 1 unspecified atom stereocenters. The predicted octanol–water partition coefficient (Wildman–Crippen LogP) is 2.70. The van der Waals surface area contributed by atoms with Gasteiger partial charge in [-0.05, 0) is 30.5 Å². The van der Waals surface area contributed by atoms with Crippen LogP contribution in [0.25, 0.3) is 0 Å². The third kappa shape index (κ3) is 4.23. The Morgan fingerprint density at radius 3 is 2.52 bits per heavy atom. The fraction of sp³-hybridized carbons (Fsp3) is 0.375. The zero-order valence-electron chi connectivity index (χ0n) is 12.5. The standard InChI is InChI=1S/C16H20FN3O/c1-10(2)16(12-4-6-13(17)7-5-12)18-9-14-19-11(3)8-15(21)20-14/h4-8,10,16,18H,9H2,1-3H3,(H,19,20,21). The van der Waals surface area contributed by atoms with Gasteiger partial charge in [0.1, 0.15) is 11.6 Å². The number of aryl methyl sites for hydroxylation is 1. The highest BCUT2D eigenvalue weighted by Crippen LogP contribution is 2.22. The van der Waals surface area contributed by atoms with E-state index in [1.807, 2.05) is 0 Å². The lowest BCUT2D eigenvalue weighted by molar-refractivity contribution is 0.405. The third-order valence-electron chi connectivity index (χ3n) is 3.30. The molecule has 0 spiro atoms. The minimum atomic E-state index is -0.245. The molecule has 2 aromatic rings. The molecule has 0 aliphatic rings. The van der Waals surface area contributed by atoms with Crippen molar-refractivity contribution in [3.63, 3.8) is 0 Å². The first-order chi connectivity index (χ1) is 9.95. The molecule has 112 valence electrons. The minimum Gasteiger partial charge on any atom is -0.309 e. The number of H-pyrrole nitrogens is 1. The van der Waals surface area contributed by atoms with Gasteiger partial charge in [-0.1, -0.05) is 26.0 Å². The Labute approximate surface area is 123 Å². The van der Waals surface area contributed by atoms with Crippen molar-refractivity contribution in [2.24, 2.45) is 5.92 Å². The molecular formula is C16H20FN3O. The van der Waals surface area contributed by atoms with E-state index < -0.39 is 0 Å². The summed E-state index contributed by atoms with van der Waals surface area (Å²) in [7, 11) is 0. The molecule has 4 nitrogen and oxygen atoms in total. The Morgan fingerprint density at radius 2 is 1.95 bits per heavy atom. The van der Waals surface area contributed by atoms with Crippen molar-refractivity contribution < 1.29 is 4.39 Å². The molecule has 0 aliphatic carbocycles. The van der Waals surface area contributed by atoms with Crippen LogP contribution in [0.1, 0.15) is 37.0 Å². The number of nitrogens with zero attached hydrogens (tertiary/aromatic N) is 1. The maximum Gasteiger partial charge on any atom is 0.251 e. The SMILES string of the molecule is Cc1cc(=O)[nH]c(CNC(c2ccc(F)cc2)C(C)C)n1. The van der Waals surface area contributed by atoms with Crippen molar-refractivity contribution in [1.82, 2.24) is 15.3 Å². The van der Waals surface area contributed by atoms with E-state index in [0.29, 0.717) is 24.0 Å². The van der Waals surface area contributed by atoms with Crippen molar-refractivity contribution in [3.05, 3.63) is 63.6 Å². The Balaban J connectivity index is 2.13. The molecule has 1 aromatic carbocycles. The molecule has 1 aromatic heterocycles. The predicted molar refractivity (Wildman–Crippen MR) is 80.4 cm³/mol. The van der Waals surface area contributed by atoms with E-state index in [0.717, 1.165) is 5.56 Å². The Kier molecular flexibility index (Phi) is 4.85. The first-order valence-electron chi connectivity index (χ1n) is 7.01. The van der Waals surface area contributed by atoms with E-state index in [4.69, 9.17) is 0 Å². The maximum atomic E-state index is 13.0. The zero-order valence-corrected chi connectivity index (χ0v) is 12.5. The molecule has 2 N–H and O–H groups in total. The van der Waals surface area contributed by atoms with Gasteiger partial charge < -0.3 is 10.3 Å². The molecule has 0 saturated carbocycles. The van der Waals surface area contributed by atoms with Crippen LogP contribution in [-0.2, 0) is 6.54 Å². The van der Waals surface area contributed by atoms with E-state index in [1.54, 1.807) is 19.1 Å². The Hall–Kier alpha value is -2.01. The number of hydrogen-bond donors (Lipinski definition) is 2. The molecule has 0 amide bonds. The number of aromatic nitrogens is 2. The summed E-state index contributed by atoms with van der Waals surface area (Å²) in [4.78, 5) is 18.4. The maximum absolute atomic E-state index is 13.0. The molecule has 0 fully saturated rings. The average Bonchev–Trinajstić information content (AvgIpc) is 2.39. The number of nitrogens with one attached hydrogen (secondary N) is 2. The van der Waals surface area contributed by atoms with Crippen LogP contribution in [0.4, 0.5) is 4.39 Å². The van der Waals surface area contributed by atoms with Gasteiger partial charge >= 0.3 is 0 Å². The van der Waals surface area contributed by atoms with Gasteiger partial charge in [0.15, 0.2) is 0 Å². The van der Waals surface area contributed by atoms with Crippen LogP contribution in [0.5, 0.6) is 0 Å². The van der Waals surface area contributed by atoms with Crippen LogP contribution < -0.4 is 10.9 Å². The van der Waals surface area contributed by atoms with Crippen LogP contribution in [0.2, 0.25) is 0 Å². The Morgan fingerprint density at radius 1 is 1.29 bits per heavy atom. The highest BCUT2D eigenvalue weighted by molar-refractivity contribution is 5.20. The summed E-state index contributed by atoms with van der Waals surface area (Å²) >= 11 is 0. The van der Waals surface area contributed by atoms with Crippen LogP contribution in [0, 0.1) is 18.7 Å². The van der Waals surface area contributed by atoms with Gasteiger partial charge in [-0.15, -0.1) is 0 Å². The van der Waals surface area contributed by atoms with Gasteiger partial charge in [0.25, 0.3) is 5.56 Å². The number of halogens is 1. The van der Waals surface area contributed by atoms with E-state index in [2.05, 4.69) is 29.1 Å². The topological polar surface area (TPSA) is 57.8 Å². The molecule has 0 radical (unpaired) electrons. The molecule has 1 atom stereocenters. The highest BCUT2D eigenvalue weighted by atomic mass is 19.1. The fourth-order valence-electron chi connectivity index (χ4n) is 2.34. The van der Waals surface area contributed by atoms with Crippen LogP contribution in [-0.4, -0.2) is 9.97 Å². The van der Waals surface area contributed by atoms with Crippen molar-refractivity contribution in [3.8, 4) is 0 Å². The van der Waals surface area contributed by atoms with Crippen molar-refractivity contribution in [2.75, 3.05) is 0 Å². The van der Waals surface area contributed by atoms with E-state index in [1.165, 1.54) is 18.2 Å². The number of rotatable bonds is 5.